The summed E-state index contributed by atoms with van der Waals surface area (Å²) >= 11 is 0. The van der Waals surface area contributed by atoms with Gasteiger partial charge in [-0.15, -0.1) is 0 Å². The number of hydrogen-bond donors (Lipinski definition) is 1. The Labute approximate surface area is 152 Å². The van der Waals surface area contributed by atoms with Crippen LogP contribution in [0.5, 0.6) is 5.75 Å². The molecule has 5 rings (SSSR count). The zero-order valence-corrected chi connectivity index (χ0v) is 14.6. The molecule has 1 amide bonds. The number of fused-ring (bicyclic) bond motifs is 2. The Balaban J connectivity index is 1.35. The van der Waals surface area contributed by atoms with Gasteiger partial charge >= 0.3 is 0 Å². The Hall–Kier alpha value is -2.34. The predicted molar refractivity (Wildman–Crippen MR) is 95.0 cm³/mol. The Morgan fingerprint density at radius 2 is 2.04 bits per heavy atom. The molecule has 6 heteroatoms. The van der Waals surface area contributed by atoms with Crippen LogP contribution in [0.1, 0.15) is 34.8 Å². The van der Waals surface area contributed by atoms with E-state index in [1.807, 2.05) is 40.0 Å². The molecular weight excluding hydrogens is 330 g/mol. The topological polar surface area (TPSA) is 67.6 Å². The predicted octanol–water partition coefficient (Wildman–Crippen LogP) is 1.90. The number of para-hydroxylation sites is 1. The minimum Gasteiger partial charge on any atom is -0.492 e. The highest BCUT2D eigenvalue weighted by atomic mass is 16.5. The van der Waals surface area contributed by atoms with E-state index in [0.29, 0.717) is 24.0 Å². The zero-order chi connectivity index (χ0) is 17.7. The van der Waals surface area contributed by atoms with Gasteiger partial charge in [0.1, 0.15) is 5.75 Å². The summed E-state index contributed by atoms with van der Waals surface area (Å²) in [4.78, 5) is 15.1. The molecule has 1 saturated carbocycles. The van der Waals surface area contributed by atoms with Crippen molar-refractivity contribution in [3.05, 3.63) is 47.8 Å². The lowest BCUT2D eigenvalue weighted by Crippen LogP contribution is -2.36. The summed E-state index contributed by atoms with van der Waals surface area (Å²) in [7, 11) is 0. The van der Waals surface area contributed by atoms with Gasteiger partial charge in [-0.2, -0.15) is 5.10 Å². The second-order valence-electron chi connectivity index (χ2n) is 7.71. The minimum atomic E-state index is -0.407. The van der Waals surface area contributed by atoms with Crippen molar-refractivity contribution in [3.8, 4) is 5.75 Å². The highest BCUT2D eigenvalue weighted by Gasteiger charge is 2.44. The number of rotatable bonds is 2. The number of aromatic nitrogens is 2. The van der Waals surface area contributed by atoms with E-state index in [2.05, 4.69) is 5.10 Å². The van der Waals surface area contributed by atoms with E-state index in [9.17, 15) is 9.90 Å². The quantitative estimate of drug-likeness (QED) is 0.895. The van der Waals surface area contributed by atoms with Crippen molar-refractivity contribution < 1.29 is 14.6 Å². The van der Waals surface area contributed by atoms with Gasteiger partial charge in [-0.1, -0.05) is 12.1 Å². The first-order valence-electron chi connectivity index (χ1n) is 9.42. The fraction of sp³-hybridized carbons (Fsp3) is 0.500. The number of ether oxygens (including phenoxy) is 1. The standard InChI is InChI=1S/C20H23N3O3/c24-18-10-15-12-22(11-14(15)9-17(18)23-7-2-6-21-23)20(25)16-4-1-3-13-5-8-26-19(13)16/h1-4,6-7,14-15,17-18,24H,5,8-12H2/t14-,15+,17-,18-/m1/s1. The third-order valence-corrected chi connectivity index (χ3v) is 6.21. The maximum absolute atomic E-state index is 13.1. The van der Waals surface area contributed by atoms with Gasteiger partial charge < -0.3 is 14.7 Å². The van der Waals surface area contributed by atoms with E-state index in [1.54, 1.807) is 6.20 Å². The van der Waals surface area contributed by atoms with Crippen molar-refractivity contribution in [3.63, 3.8) is 0 Å². The lowest BCUT2D eigenvalue weighted by Gasteiger charge is -2.35. The lowest BCUT2D eigenvalue weighted by molar-refractivity contribution is 0.0306. The van der Waals surface area contributed by atoms with E-state index in [0.717, 1.165) is 43.7 Å². The fourth-order valence-corrected chi connectivity index (χ4v) is 4.89. The van der Waals surface area contributed by atoms with Crippen LogP contribution in [0.4, 0.5) is 0 Å². The molecule has 2 aliphatic heterocycles. The van der Waals surface area contributed by atoms with Crippen LogP contribution in [0.25, 0.3) is 0 Å². The number of hydrogen-bond acceptors (Lipinski definition) is 4. The Bertz CT molecular complexity index is 820. The molecule has 2 fully saturated rings. The number of carbonyl (C=O) groups is 1. The fourth-order valence-electron chi connectivity index (χ4n) is 4.89. The number of carbonyl (C=O) groups excluding carboxylic acids is 1. The molecule has 6 nitrogen and oxygen atoms in total. The summed E-state index contributed by atoms with van der Waals surface area (Å²) < 4.78 is 7.58. The summed E-state index contributed by atoms with van der Waals surface area (Å²) in [6.45, 7) is 2.12. The summed E-state index contributed by atoms with van der Waals surface area (Å²) in [5.74, 6) is 1.60. The monoisotopic (exact) mass is 353 g/mol. The lowest BCUT2D eigenvalue weighted by atomic mass is 9.77. The minimum absolute atomic E-state index is 0.00519. The summed E-state index contributed by atoms with van der Waals surface area (Å²) in [6.07, 6.45) is 5.72. The van der Waals surface area contributed by atoms with Crippen molar-refractivity contribution in [1.82, 2.24) is 14.7 Å². The molecule has 0 spiro atoms. The molecule has 26 heavy (non-hydrogen) atoms. The number of nitrogens with zero attached hydrogens (tertiary/aromatic N) is 3. The van der Waals surface area contributed by atoms with Gasteiger partial charge in [0, 0.05) is 31.9 Å². The maximum Gasteiger partial charge on any atom is 0.257 e. The molecule has 1 saturated heterocycles. The average molecular weight is 353 g/mol. The summed E-state index contributed by atoms with van der Waals surface area (Å²) in [6, 6.07) is 7.75. The number of benzene rings is 1. The molecule has 1 aliphatic carbocycles. The van der Waals surface area contributed by atoms with Crippen molar-refractivity contribution in [2.24, 2.45) is 11.8 Å². The Morgan fingerprint density at radius 3 is 2.85 bits per heavy atom. The normalized spacial score (nSPS) is 30.0. The molecule has 1 aromatic carbocycles. The molecule has 4 atom stereocenters. The number of amides is 1. The molecule has 2 aromatic rings. The van der Waals surface area contributed by atoms with Gasteiger partial charge in [-0.25, -0.2) is 0 Å². The van der Waals surface area contributed by atoms with Crippen LogP contribution in [0, 0.1) is 11.8 Å². The third-order valence-electron chi connectivity index (χ3n) is 6.21. The first-order valence-corrected chi connectivity index (χ1v) is 9.42. The van der Waals surface area contributed by atoms with Gasteiger partial charge in [0.25, 0.3) is 5.91 Å². The second kappa shape index (κ2) is 6.13. The van der Waals surface area contributed by atoms with E-state index in [4.69, 9.17) is 4.74 Å². The second-order valence-corrected chi connectivity index (χ2v) is 7.71. The molecular formula is C20H23N3O3. The third kappa shape index (κ3) is 2.51. The van der Waals surface area contributed by atoms with Crippen LogP contribution < -0.4 is 4.74 Å². The molecule has 0 bridgehead atoms. The van der Waals surface area contributed by atoms with Crippen LogP contribution in [0.15, 0.2) is 36.7 Å². The first-order chi connectivity index (χ1) is 12.7. The van der Waals surface area contributed by atoms with Crippen molar-refractivity contribution in [2.75, 3.05) is 19.7 Å². The largest absolute Gasteiger partial charge is 0.492 e. The van der Waals surface area contributed by atoms with E-state index in [-0.39, 0.29) is 11.9 Å². The number of aliphatic hydroxyl groups is 1. The summed E-state index contributed by atoms with van der Waals surface area (Å²) in [5.41, 5.74) is 1.81. The van der Waals surface area contributed by atoms with Crippen LogP contribution in [0.3, 0.4) is 0 Å². The highest BCUT2D eigenvalue weighted by Crippen LogP contribution is 2.42. The number of aliphatic hydroxyl groups excluding tert-OH is 1. The van der Waals surface area contributed by atoms with Gasteiger partial charge in [0.05, 0.1) is 24.3 Å². The Kier molecular flexibility index (Phi) is 3.74. The molecule has 3 heterocycles. The van der Waals surface area contributed by atoms with Gasteiger partial charge in [-0.3, -0.25) is 9.48 Å². The molecule has 1 N–H and O–H groups in total. The molecule has 0 unspecified atom stereocenters. The Morgan fingerprint density at radius 1 is 1.19 bits per heavy atom. The van der Waals surface area contributed by atoms with Crippen LogP contribution in [-0.4, -0.2) is 51.5 Å². The van der Waals surface area contributed by atoms with Crippen molar-refractivity contribution in [1.29, 1.82) is 0 Å². The molecule has 136 valence electrons. The van der Waals surface area contributed by atoms with E-state index in [1.165, 1.54) is 0 Å². The summed E-state index contributed by atoms with van der Waals surface area (Å²) in [5, 5.41) is 14.9. The molecule has 3 aliphatic rings. The van der Waals surface area contributed by atoms with Crippen LogP contribution in [-0.2, 0) is 6.42 Å². The van der Waals surface area contributed by atoms with Gasteiger partial charge in [0.15, 0.2) is 0 Å². The molecule has 0 radical (unpaired) electrons. The van der Waals surface area contributed by atoms with Crippen LogP contribution >= 0.6 is 0 Å². The first kappa shape index (κ1) is 15.9. The smallest absolute Gasteiger partial charge is 0.257 e. The van der Waals surface area contributed by atoms with Crippen LogP contribution in [0.2, 0.25) is 0 Å². The van der Waals surface area contributed by atoms with Gasteiger partial charge in [0.2, 0.25) is 0 Å². The van der Waals surface area contributed by atoms with Crippen molar-refractivity contribution >= 4 is 5.91 Å². The molecule has 1 aromatic heterocycles. The highest BCUT2D eigenvalue weighted by molar-refractivity contribution is 5.97. The SMILES string of the molecule is O=C(c1cccc2c1OCC2)N1C[C@H]2C[C@@H](n3cccn3)[C@H](O)C[C@H]2C1. The van der Waals surface area contributed by atoms with Crippen molar-refractivity contribution in [2.45, 2.75) is 31.4 Å². The average Bonchev–Trinajstić information content (AvgIpc) is 3.38. The zero-order valence-electron chi connectivity index (χ0n) is 14.6. The van der Waals surface area contributed by atoms with Gasteiger partial charge in [-0.05, 0) is 42.4 Å². The maximum atomic E-state index is 13.1. The number of likely N-dealkylation sites (tertiary alicyclic amines) is 1. The van der Waals surface area contributed by atoms with E-state index >= 15 is 0 Å². The van der Waals surface area contributed by atoms with E-state index < -0.39 is 6.10 Å².